The van der Waals surface area contributed by atoms with Gasteiger partial charge in [0.2, 0.25) is 0 Å². The number of halogens is 1. The second-order valence-corrected chi connectivity index (χ2v) is 5.54. The molecule has 8 heteroatoms. The molecular weight excluding hydrogens is 346 g/mol. The van der Waals surface area contributed by atoms with Crippen molar-refractivity contribution in [1.82, 2.24) is 9.97 Å². The molecule has 0 atom stereocenters. The van der Waals surface area contributed by atoms with Gasteiger partial charge >= 0.3 is 5.97 Å². The van der Waals surface area contributed by atoms with Crippen LogP contribution < -0.4 is 10.1 Å². The van der Waals surface area contributed by atoms with Gasteiger partial charge in [-0.2, -0.15) is 0 Å². The number of fused-ring (bicyclic) bond motifs is 1. The molecule has 2 aromatic carbocycles. The number of carbonyl (C=O) groups is 2. The van der Waals surface area contributed by atoms with E-state index in [0.29, 0.717) is 27.5 Å². The molecule has 1 aromatic heterocycles. The summed E-state index contributed by atoms with van der Waals surface area (Å²) in [6.45, 7) is -0.435. The van der Waals surface area contributed by atoms with Gasteiger partial charge in [-0.1, -0.05) is 11.6 Å². The van der Waals surface area contributed by atoms with Crippen molar-refractivity contribution in [3.63, 3.8) is 0 Å². The van der Waals surface area contributed by atoms with Crippen molar-refractivity contribution in [2.24, 2.45) is 0 Å². The minimum Gasteiger partial charge on any atom is -0.495 e. The van der Waals surface area contributed by atoms with Crippen LogP contribution in [0.25, 0.3) is 11.0 Å². The van der Waals surface area contributed by atoms with Crippen LogP contribution in [0.2, 0.25) is 5.02 Å². The zero-order valence-electron chi connectivity index (χ0n) is 13.2. The highest BCUT2D eigenvalue weighted by Crippen LogP contribution is 2.27. The fourth-order valence-corrected chi connectivity index (χ4v) is 2.41. The highest BCUT2D eigenvalue weighted by Gasteiger charge is 2.13. The van der Waals surface area contributed by atoms with E-state index in [1.807, 2.05) is 0 Å². The number of hydrogen-bond donors (Lipinski definition) is 2. The zero-order valence-corrected chi connectivity index (χ0v) is 14.0. The molecule has 0 bridgehead atoms. The largest absolute Gasteiger partial charge is 0.495 e. The summed E-state index contributed by atoms with van der Waals surface area (Å²) in [7, 11) is 1.48. The second-order valence-electron chi connectivity index (χ2n) is 5.10. The number of nitrogens with one attached hydrogen (secondary N) is 2. The van der Waals surface area contributed by atoms with Crippen LogP contribution in [0.5, 0.6) is 5.75 Å². The first-order valence-corrected chi connectivity index (χ1v) is 7.68. The average Bonchev–Trinajstić information content (AvgIpc) is 3.07. The fourth-order valence-electron chi connectivity index (χ4n) is 2.24. The molecule has 0 spiro atoms. The monoisotopic (exact) mass is 359 g/mol. The lowest BCUT2D eigenvalue weighted by molar-refractivity contribution is -0.119. The van der Waals surface area contributed by atoms with Crippen molar-refractivity contribution in [1.29, 1.82) is 0 Å². The molecule has 128 valence electrons. The van der Waals surface area contributed by atoms with E-state index in [-0.39, 0.29) is 0 Å². The molecular formula is C17H14ClN3O4. The van der Waals surface area contributed by atoms with Gasteiger partial charge in [0.05, 0.1) is 35.7 Å². The first-order valence-electron chi connectivity index (χ1n) is 7.30. The number of hydrogen-bond acceptors (Lipinski definition) is 5. The van der Waals surface area contributed by atoms with E-state index in [1.54, 1.807) is 36.4 Å². The van der Waals surface area contributed by atoms with E-state index in [1.165, 1.54) is 13.4 Å². The summed E-state index contributed by atoms with van der Waals surface area (Å²) in [6.07, 6.45) is 1.53. The minimum atomic E-state index is -0.607. The molecule has 0 aliphatic rings. The predicted molar refractivity (Wildman–Crippen MR) is 93.0 cm³/mol. The summed E-state index contributed by atoms with van der Waals surface area (Å²) < 4.78 is 10.2. The van der Waals surface area contributed by atoms with Gasteiger partial charge in [0.15, 0.2) is 6.61 Å². The molecule has 0 unspecified atom stereocenters. The number of amides is 1. The third-order valence-corrected chi connectivity index (χ3v) is 3.66. The molecule has 0 saturated heterocycles. The Morgan fingerprint density at radius 1 is 1.24 bits per heavy atom. The predicted octanol–water partition coefficient (Wildman–Crippen LogP) is 3.02. The summed E-state index contributed by atoms with van der Waals surface area (Å²) >= 11 is 5.90. The molecule has 0 saturated carbocycles. The van der Waals surface area contributed by atoms with Crippen molar-refractivity contribution >= 4 is 40.2 Å². The summed E-state index contributed by atoms with van der Waals surface area (Å²) in [5.74, 6) is -0.657. The van der Waals surface area contributed by atoms with E-state index in [4.69, 9.17) is 21.1 Å². The smallest absolute Gasteiger partial charge is 0.338 e. The van der Waals surface area contributed by atoms with Crippen LogP contribution in [0.4, 0.5) is 5.69 Å². The Hall–Kier alpha value is -3.06. The number of aromatic amines is 1. The van der Waals surface area contributed by atoms with E-state index in [2.05, 4.69) is 15.3 Å². The first kappa shape index (κ1) is 16.8. The molecule has 7 nitrogen and oxygen atoms in total. The highest BCUT2D eigenvalue weighted by atomic mass is 35.5. The van der Waals surface area contributed by atoms with E-state index >= 15 is 0 Å². The molecule has 1 heterocycles. The number of aromatic nitrogens is 2. The number of carbonyl (C=O) groups excluding carboxylic acids is 2. The summed E-state index contributed by atoms with van der Waals surface area (Å²) in [5, 5.41) is 3.04. The Morgan fingerprint density at radius 2 is 2.08 bits per heavy atom. The van der Waals surface area contributed by atoms with Gasteiger partial charge in [-0.15, -0.1) is 0 Å². The molecule has 3 rings (SSSR count). The number of esters is 1. The van der Waals surface area contributed by atoms with Crippen LogP contribution in [0.1, 0.15) is 10.4 Å². The molecule has 0 radical (unpaired) electrons. The highest BCUT2D eigenvalue weighted by molar-refractivity contribution is 6.31. The van der Waals surface area contributed by atoms with Crippen LogP contribution in [0.3, 0.4) is 0 Å². The van der Waals surface area contributed by atoms with Gasteiger partial charge < -0.3 is 19.8 Å². The van der Waals surface area contributed by atoms with E-state index in [0.717, 1.165) is 5.52 Å². The first-order chi connectivity index (χ1) is 12.1. The molecule has 1 amide bonds. The maximum absolute atomic E-state index is 12.1. The SMILES string of the molecule is COc1ccc(Cl)cc1NC(=O)COC(=O)c1ccc2nc[nH]c2c1. The van der Waals surface area contributed by atoms with Crippen LogP contribution in [0.15, 0.2) is 42.7 Å². The maximum atomic E-state index is 12.1. The Morgan fingerprint density at radius 3 is 2.88 bits per heavy atom. The van der Waals surface area contributed by atoms with Gasteiger partial charge in [-0.3, -0.25) is 4.79 Å². The molecule has 0 aliphatic carbocycles. The number of nitrogens with zero attached hydrogens (tertiary/aromatic N) is 1. The fraction of sp³-hybridized carbons (Fsp3) is 0.118. The summed E-state index contributed by atoms with van der Waals surface area (Å²) in [5.41, 5.74) is 2.17. The standard InChI is InChI=1S/C17H14ClN3O4/c1-24-15-5-3-11(18)7-14(15)21-16(22)8-25-17(23)10-2-4-12-13(6-10)20-9-19-12/h2-7,9H,8H2,1H3,(H,19,20)(H,21,22). The quantitative estimate of drug-likeness (QED) is 0.683. The van der Waals surface area contributed by atoms with Crippen molar-refractivity contribution in [2.45, 2.75) is 0 Å². The van der Waals surface area contributed by atoms with Crippen molar-refractivity contribution < 1.29 is 19.1 Å². The maximum Gasteiger partial charge on any atom is 0.338 e. The van der Waals surface area contributed by atoms with Gasteiger partial charge in [-0.05, 0) is 36.4 Å². The Kier molecular flexibility index (Phi) is 4.85. The third kappa shape index (κ3) is 3.89. The topological polar surface area (TPSA) is 93.3 Å². The van der Waals surface area contributed by atoms with Gasteiger partial charge in [0.25, 0.3) is 5.91 Å². The molecule has 0 aliphatic heterocycles. The van der Waals surface area contributed by atoms with Crippen molar-refractivity contribution in [3.05, 3.63) is 53.3 Å². The summed E-state index contributed by atoms with van der Waals surface area (Å²) in [4.78, 5) is 31.0. The summed E-state index contributed by atoms with van der Waals surface area (Å²) in [6, 6.07) is 9.71. The number of imidazole rings is 1. The molecule has 0 fully saturated rings. The number of benzene rings is 2. The van der Waals surface area contributed by atoms with E-state index in [9.17, 15) is 9.59 Å². The lowest BCUT2D eigenvalue weighted by Gasteiger charge is -2.10. The number of H-pyrrole nitrogens is 1. The van der Waals surface area contributed by atoms with Crippen LogP contribution in [-0.4, -0.2) is 35.6 Å². The lowest BCUT2D eigenvalue weighted by atomic mass is 10.2. The van der Waals surface area contributed by atoms with Crippen LogP contribution in [-0.2, 0) is 9.53 Å². The Bertz CT molecular complexity index is 939. The average molecular weight is 360 g/mol. The van der Waals surface area contributed by atoms with Gasteiger partial charge in [0.1, 0.15) is 5.75 Å². The lowest BCUT2D eigenvalue weighted by Crippen LogP contribution is -2.21. The Balaban J connectivity index is 1.62. The van der Waals surface area contributed by atoms with Crippen LogP contribution in [0, 0.1) is 0 Å². The Labute approximate surface area is 147 Å². The molecule has 25 heavy (non-hydrogen) atoms. The minimum absolute atomic E-state index is 0.324. The molecule has 3 aromatic rings. The number of methoxy groups -OCH3 is 1. The number of rotatable bonds is 5. The van der Waals surface area contributed by atoms with Crippen LogP contribution >= 0.6 is 11.6 Å². The molecule has 2 N–H and O–H groups in total. The van der Waals surface area contributed by atoms with Gasteiger partial charge in [-0.25, -0.2) is 9.78 Å². The zero-order chi connectivity index (χ0) is 17.8. The van der Waals surface area contributed by atoms with E-state index < -0.39 is 18.5 Å². The van der Waals surface area contributed by atoms with Crippen molar-refractivity contribution in [2.75, 3.05) is 19.0 Å². The van der Waals surface area contributed by atoms with Gasteiger partial charge in [0, 0.05) is 5.02 Å². The van der Waals surface area contributed by atoms with Crippen molar-refractivity contribution in [3.8, 4) is 5.75 Å². The number of anilines is 1. The second kappa shape index (κ2) is 7.23. The number of ether oxygens (including phenoxy) is 2. The normalized spacial score (nSPS) is 10.5. The third-order valence-electron chi connectivity index (χ3n) is 3.43.